The number of amides is 5. The summed E-state index contributed by atoms with van der Waals surface area (Å²) in [7, 11) is 0. The van der Waals surface area contributed by atoms with Gasteiger partial charge in [-0.05, 0) is 56.3 Å². The van der Waals surface area contributed by atoms with Gasteiger partial charge in [-0.1, -0.05) is 44.7 Å². The maximum atomic E-state index is 14.0. The van der Waals surface area contributed by atoms with Crippen LogP contribution in [0.4, 0.5) is 4.39 Å². The molecule has 2 saturated heterocycles. The van der Waals surface area contributed by atoms with Gasteiger partial charge < -0.3 is 15.5 Å². The van der Waals surface area contributed by atoms with Crippen molar-refractivity contribution in [1.82, 2.24) is 26.0 Å². The zero-order valence-electron chi connectivity index (χ0n) is 22.8. The molecule has 2 saturated carbocycles. The maximum absolute atomic E-state index is 14.0. The van der Waals surface area contributed by atoms with Gasteiger partial charge in [-0.25, -0.2) is 9.40 Å². The molecule has 0 spiro atoms. The number of hydrogen-bond acceptors (Lipinski definition) is 5. The monoisotopic (exact) mass is 569 g/mol. The van der Waals surface area contributed by atoms with Crippen molar-refractivity contribution in [3.63, 3.8) is 0 Å². The van der Waals surface area contributed by atoms with Crippen molar-refractivity contribution in [3.05, 3.63) is 0 Å². The second-order valence-electron chi connectivity index (χ2n) is 11.5. The number of fused-ring (bicyclic) bond motifs is 1. The van der Waals surface area contributed by atoms with Crippen molar-refractivity contribution >= 4 is 41.1 Å². The molecule has 0 aromatic rings. The van der Waals surface area contributed by atoms with E-state index in [2.05, 4.69) is 16.1 Å². The number of carbonyl (C=O) groups is 5. The van der Waals surface area contributed by atoms with Crippen LogP contribution in [0, 0.1) is 29.6 Å². The molecule has 0 aromatic carbocycles. The van der Waals surface area contributed by atoms with Gasteiger partial charge in [0.2, 0.25) is 17.7 Å². The molecule has 12 heteroatoms. The maximum Gasteiger partial charge on any atom is 0.291 e. The van der Waals surface area contributed by atoms with Crippen LogP contribution in [-0.4, -0.2) is 76.8 Å². The van der Waals surface area contributed by atoms with Crippen LogP contribution < -0.4 is 16.1 Å². The molecule has 0 aromatic heterocycles. The Morgan fingerprint density at radius 2 is 1.79 bits per heavy atom. The van der Waals surface area contributed by atoms with E-state index in [-0.39, 0.29) is 47.9 Å². The molecule has 2 aliphatic carbocycles. The molecule has 4 aliphatic rings. The summed E-state index contributed by atoms with van der Waals surface area (Å²) in [5.41, 5.74) is 0.136. The van der Waals surface area contributed by atoms with E-state index >= 15 is 0 Å². The van der Waals surface area contributed by atoms with Crippen LogP contribution in [0.1, 0.15) is 71.6 Å². The summed E-state index contributed by atoms with van der Waals surface area (Å²) in [5, 5.41) is 6.50. The molecule has 5 amide bonds. The lowest BCUT2D eigenvalue weighted by Crippen LogP contribution is -2.60. The molecule has 2 unspecified atom stereocenters. The second-order valence-corrected chi connectivity index (χ2v) is 11.9. The second kappa shape index (κ2) is 12.8. The van der Waals surface area contributed by atoms with Crippen LogP contribution in [0.15, 0.2) is 0 Å². The first kappa shape index (κ1) is 29.6. The van der Waals surface area contributed by atoms with E-state index in [0.717, 1.165) is 37.1 Å². The Bertz CT molecular complexity index is 959. The highest BCUT2D eigenvalue weighted by molar-refractivity contribution is 6.29. The third-order valence-electron chi connectivity index (χ3n) is 8.97. The van der Waals surface area contributed by atoms with Gasteiger partial charge in [0, 0.05) is 19.0 Å². The standard InChI is InChI=1S/C27H41ClFN5O5/c1-3-15(4-2)20(31-24(36)16-10-11-16)26(38)33-13-17-7-5-9-19(17)21(33)25(37)32-34(27(39)22(28)29)14-18-8-6-12-30-23(18)35/h15-22H,3-14H2,1-2H3,(H,30,35)(H,31,36)(H,32,37)/t17-,18-,19-,20?,21-,22?/m0/s1. The van der Waals surface area contributed by atoms with E-state index < -0.39 is 35.4 Å². The van der Waals surface area contributed by atoms with Crippen LogP contribution in [0.25, 0.3) is 0 Å². The van der Waals surface area contributed by atoms with E-state index in [9.17, 15) is 28.4 Å². The summed E-state index contributed by atoms with van der Waals surface area (Å²) in [4.78, 5) is 67.0. The van der Waals surface area contributed by atoms with E-state index in [1.807, 2.05) is 13.8 Å². The third kappa shape index (κ3) is 6.66. The van der Waals surface area contributed by atoms with Crippen molar-refractivity contribution < 1.29 is 28.4 Å². The molecular weight excluding hydrogens is 529 g/mol. The average molecular weight is 570 g/mol. The highest BCUT2D eigenvalue weighted by Crippen LogP contribution is 2.43. The highest BCUT2D eigenvalue weighted by atomic mass is 35.5. The third-order valence-corrected chi connectivity index (χ3v) is 9.16. The lowest BCUT2D eigenvalue weighted by atomic mass is 9.91. The van der Waals surface area contributed by atoms with Gasteiger partial charge in [0.25, 0.3) is 17.4 Å². The van der Waals surface area contributed by atoms with E-state index in [1.54, 1.807) is 4.90 Å². The topological polar surface area (TPSA) is 128 Å². The molecule has 0 radical (unpaired) electrons. The number of alkyl halides is 2. The summed E-state index contributed by atoms with van der Waals surface area (Å²) < 4.78 is 13.9. The first-order valence-corrected chi connectivity index (χ1v) is 14.9. The number of nitrogens with zero attached hydrogens (tertiary/aromatic N) is 2. The Morgan fingerprint density at radius 3 is 2.41 bits per heavy atom. The quantitative estimate of drug-likeness (QED) is 0.273. The summed E-state index contributed by atoms with van der Waals surface area (Å²) >= 11 is 5.46. The van der Waals surface area contributed by atoms with E-state index in [0.29, 0.717) is 38.8 Å². The average Bonchev–Trinajstić information content (AvgIpc) is 3.57. The number of piperidine rings is 1. The SMILES string of the molecule is CCC(CC)C(NC(=O)C1CC1)C(=O)N1C[C@@H]2CCC[C@@H]2[C@H]1C(=O)NN(C[C@@H]1CCCNC1=O)C(=O)C(F)Cl. The molecule has 3 N–H and O–H groups in total. The van der Waals surface area contributed by atoms with Crippen LogP contribution in [0.2, 0.25) is 0 Å². The van der Waals surface area contributed by atoms with Crippen molar-refractivity contribution in [2.75, 3.05) is 19.6 Å². The minimum absolute atomic E-state index is 0.0625. The molecule has 2 heterocycles. The number of likely N-dealkylation sites (tertiary alicyclic amines) is 1. The van der Waals surface area contributed by atoms with Crippen molar-refractivity contribution in [2.24, 2.45) is 29.6 Å². The summed E-state index contributed by atoms with van der Waals surface area (Å²) in [5.74, 6) is -3.20. The molecular formula is C27H41ClFN5O5. The number of hydrazine groups is 1. The molecule has 218 valence electrons. The number of carbonyl (C=O) groups excluding carboxylic acids is 5. The molecule has 2 aliphatic heterocycles. The minimum atomic E-state index is -2.39. The van der Waals surface area contributed by atoms with Gasteiger partial charge in [0.15, 0.2) is 0 Å². The first-order valence-electron chi connectivity index (χ1n) is 14.4. The minimum Gasteiger partial charge on any atom is -0.356 e. The lowest BCUT2D eigenvalue weighted by molar-refractivity contribution is -0.150. The normalized spacial score (nSPS) is 27.9. The molecule has 0 bridgehead atoms. The molecule has 6 atom stereocenters. The fourth-order valence-electron chi connectivity index (χ4n) is 6.54. The van der Waals surface area contributed by atoms with Crippen LogP contribution in [0.5, 0.6) is 0 Å². The summed E-state index contributed by atoms with van der Waals surface area (Å²) in [6, 6.07) is -1.62. The molecule has 39 heavy (non-hydrogen) atoms. The van der Waals surface area contributed by atoms with Gasteiger partial charge in [0.05, 0.1) is 12.5 Å². The zero-order valence-corrected chi connectivity index (χ0v) is 23.6. The van der Waals surface area contributed by atoms with Gasteiger partial charge >= 0.3 is 0 Å². The smallest absolute Gasteiger partial charge is 0.291 e. The molecule has 4 rings (SSSR count). The first-order chi connectivity index (χ1) is 18.7. The highest BCUT2D eigenvalue weighted by Gasteiger charge is 2.52. The van der Waals surface area contributed by atoms with Crippen molar-refractivity contribution in [3.8, 4) is 0 Å². The van der Waals surface area contributed by atoms with Gasteiger partial charge in [0.1, 0.15) is 12.1 Å². The van der Waals surface area contributed by atoms with Gasteiger partial charge in [-0.2, -0.15) is 0 Å². The van der Waals surface area contributed by atoms with Crippen molar-refractivity contribution in [2.45, 2.75) is 89.3 Å². The largest absolute Gasteiger partial charge is 0.356 e. The molecule has 4 fully saturated rings. The predicted octanol–water partition coefficient (Wildman–Crippen LogP) is 1.86. The van der Waals surface area contributed by atoms with E-state index in [1.165, 1.54) is 0 Å². The number of halogens is 2. The van der Waals surface area contributed by atoms with Crippen LogP contribution in [0.3, 0.4) is 0 Å². The summed E-state index contributed by atoms with van der Waals surface area (Å²) in [6.45, 7) is 4.65. The Kier molecular flexibility index (Phi) is 9.72. The van der Waals surface area contributed by atoms with Crippen molar-refractivity contribution in [1.29, 1.82) is 0 Å². The number of nitrogens with one attached hydrogen (secondary N) is 3. The molecule has 10 nitrogen and oxygen atoms in total. The van der Waals surface area contributed by atoms with Crippen LogP contribution in [-0.2, 0) is 24.0 Å². The fourth-order valence-corrected chi connectivity index (χ4v) is 6.66. The Balaban J connectivity index is 1.56. The van der Waals surface area contributed by atoms with Gasteiger partial charge in [-0.15, -0.1) is 0 Å². The van der Waals surface area contributed by atoms with E-state index in [4.69, 9.17) is 11.6 Å². The van der Waals surface area contributed by atoms with Gasteiger partial charge in [-0.3, -0.25) is 29.4 Å². The lowest BCUT2D eigenvalue weighted by Gasteiger charge is -2.35. The zero-order chi connectivity index (χ0) is 28.3. The number of hydrogen-bond donors (Lipinski definition) is 3. The summed E-state index contributed by atoms with van der Waals surface area (Å²) in [6.07, 6.45) is 6.74. The fraction of sp³-hybridized carbons (Fsp3) is 0.815. The number of rotatable bonds is 10. The Hall–Kier alpha value is -2.43. The van der Waals surface area contributed by atoms with Crippen LogP contribution >= 0.6 is 11.6 Å². The Morgan fingerprint density at radius 1 is 1.08 bits per heavy atom. The predicted molar refractivity (Wildman–Crippen MR) is 141 cm³/mol. The Labute approximate surface area is 234 Å².